The van der Waals surface area contributed by atoms with Gasteiger partial charge in [0.25, 0.3) is 5.97 Å². The van der Waals surface area contributed by atoms with Gasteiger partial charge in [-0.05, 0) is 56.1 Å². The molecule has 1 N–H and O–H groups in total. The molecule has 0 aliphatic carbocycles. The number of carbonyl (C=O) groups excluding carboxylic acids is 1. The molecule has 36 heavy (non-hydrogen) atoms. The molecule has 11 nitrogen and oxygen atoms in total. The van der Waals surface area contributed by atoms with Crippen molar-refractivity contribution < 1.29 is 76.5 Å². The van der Waals surface area contributed by atoms with Gasteiger partial charge in [-0.2, -0.15) is 0 Å². The molecule has 195 valence electrons. The van der Waals surface area contributed by atoms with Gasteiger partial charge in [-0.1, -0.05) is 24.8 Å². The first kappa shape index (κ1) is 32.8. The molecule has 0 aliphatic heterocycles. The summed E-state index contributed by atoms with van der Waals surface area (Å²) < 4.78 is 36.3. The first-order chi connectivity index (χ1) is 16.7. The van der Waals surface area contributed by atoms with E-state index in [0.29, 0.717) is 30.8 Å². The summed E-state index contributed by atoms with van der Waals surface area (Å²) in [5.41, 5.74) is 8.60. The molecule has 2 unspecified atom stereocenters. The largest absolute Gasteiger partial charge is 0.665 e. The Morgan fingerprint density at radius 3 is 2.58 bits per heavy atom. The first-order valence-electron chi connectivity index (χ1n) is 10.7. The number of esters is 1. The predicted molar refractivity (Wildman–Crippen MR) is 130 cm³/mol. The summed E-state index contributed by atoms with van der Waals surface area (Å²) in [5, 5.41) is 10.8. The van der Waals surface area contributed by atoms with Crippen molar-refractivity contribution in [2.45, 2.75) is 31.9 Å². The number of halogens is 1. The Hall–Kier alpha value is -1.25. The number of alkyl halides is 1. The van der Waals surface area contributed by atoms with Gasteiger partial charge >= 0.3 is 13.6 Å². The first-order valence-corrected chi connectivity index (χ1v) is 12.7. The maximum atomic E-state index is 13.6. The number of nitrogens with zero attached hydrogens (tertiary/aromatic N) is 2. The van der Waals surface area contributed by atoms with Crippen molar-refractivity contribution in [1.29, 1.82) is 0 Å². The van der Waals surface area contributed by atoms with E-state index in [9.17, 15) is 19.5 Å². The van der Waals surface area contributed by atoms with Crippen molar-refractivity contribution in [2.75, 3.05) is 26.1 Å². The van der Waals surface area contributed by atoms with Gasteiger partial charge in [-0.15, -0.1) is 11.6 Å². The molecule has 2 atom stereocenters. The van der Waals surface area contributed by atoms with Crippen molar-refractivity contribution in [1.82, 2.24) is 4.67 Å². The van der Waals surface area contributed by atoms with Crippen LogP contribution in [0.4, 0.5) is 5.88 Å². The topological polar surface area (TPSA) is 145 Å². The minimum absolute atomic E-state index is 0. The van der Waals surface area contributed by atoms with Crippen LogP contribution >= 0.6 is 19.3 Å². The van der Waals surface area contributed by atoms with E-state index in [1.807, 2.05) is 0 Å². The molecule has 1 aromatic heterocycles. The number of unbranched alkanes of at least 4 members (excludes halogenated alkanes) is 1. The zero-order valence-corrected chi connectivity index (χ0v) is 26.2. The van der Waals surface area contributed by atoms with Crippen molar-refractivity contribution in [3.8, 4) is 5.75 Å². The van der Waals surface area contributed by atoms with E-state index < -0.39 is 30.6 Å². The van der Waals surface area contributed by atoms with E-state index in [1.54, 1.807) is 31.3 Å². The smallest absolute Gasteiger partial charge is 0.461 e. The maximum Gasteiger partial charge on any atom is 0.461 e. The van der Waals surface area contributed by atoms with Gasteiger partial charge in [0, 0.05) is 56.5 Å². The maximum absolute atomic E-state index is 13.6. The summed E-state index contributed by atoms with van der Waals surface area (Å²) in [6, 6.07) is 7.84. The van der Waals surface area contributed by atoms with E-state index in [-0.39, 0.29) is 75.2 Å². The van der Waals surface area contributed by atoms with Crippen molar-refractivity contribution in [3.05, 3.63) is 76.2 Å². The Morgan fingerprint density at radius 2 is 2.00 bits per heavy atom. The number of hydrogen-bond donors (Lipinski definition) is 0. The van der Waals surface area contributed by atoms with Gasteiger partial charge in [0.2, 0.25) is 0 Å². The molecule has 0 spiro atoms. The van der Waals surface area contributed by atoms with Gasteiger partial charge < -0.3 is 19.4 Å². The summed E-state index contributed by atoms with van der Waals surface area (Å²) in [6.45, 7) is 3.56. The summed E-state index contributed by atoms with van der Waals surface area (Å²) in [4.78, 5) is 21.9. The zero-order valence-electron chi connectivity index (χ0n) is 19.8. The van der Waals surface area contributed by atoms with Crippen LogP contribution in [0, 0.1) is 54.2 Å². The molecule has 14 heteroatoms. The van der Waals surface area contributed by atoms with Crippen LogP contribution in [0.25, 0.3) is 5.73 Å². The number of hydrogen-bond acceptors (Lipinski definition) is 8. The zero-order chi connectivity index (χ0) is 25.8. The average molecular weight is 756 g/mol. The van der Waals surface area contributed by atoms with Crippen LogP contribution < -0.4 is 4.52 Å². The SMILES string of the molecule is C=CCOC(=O)C([NH-])Cc1ccc(OP(=O)(OCc2ccc([N+](=O)[O-])o2)N(C)CCCCCl)cc1.[Ac]. The second kappa shape index (κ2) is 16.6. The molecule has 2 aromatic rings. The van der Waals surface area contributed by atoms with Crippen molar-refractivity contribution >= 4 is 31.2 Å². The molecule has 0 aliphatic rings. The second-order valence-corrected chi connectivity index (χ2v) is 9.87. The van der Waals surface area contributed by atoms with Gasteiger partial charge in [-0.25, -0.2) is 9.24 Å². The van der Waals surface area contributed by atoms with Crippen LogP contribution in [0.3, 0.4) is 0 Å². The number of benzene rings is 1. The number of nitro groups is 1. The molecule has 1 radical (unpaired) electrons. The van der Waals surface area contributed by atoms with Crippen LogP contribution in [-0.2, 0) is 31.6 Å². The molecule has 0 saturated heterocycles. The molecule has 0 bridgehead atoms. The van der Waals surface area contributed by atoms with Crippen LogP contribution in [0.5, 0.6) is 5.75 Å². The van der Waals surface area contributed by atoms with Crippen LogP contribution in [-0.4, -0.2) is 47.7 Å². The predicted octanol–water partition coefficient (Wildman–Crippen LogP) is 5.53. The minimum Gasteiger partial charge on any atom is -0.665 e. The monoisotopic (exact) mass is 755 g/mol. The molecular formula is C22H28AcClN3O8P-. The molecule has 1 heterocycles. The molecule has 0 saturated carbocycles. The van der Waals surface area contributed by atoms with E-state index in [0.717, 1.165) is 0 Å². The Bertz CT molecular complexity index is 1040. The Morgan fingerprint density at radius 1 is 1.31 bits per heavy atom. The Balaban J connectivity index is 0.00000648. The van der Waals surface area contributed by atoms with E-state index in [4.69, 9.17) is 35.5 Å². The number of rotatable bonds is 16. The summed E-state index contributed by atoms with van der Waals surface area (Å²) in [5.74, 6) is -0.293. The quantitative estimate of drug-likeness (QED) is 0.0411. The fourth-order valence-corrected chi connectivity index (χ4v) is 4.46. The third-order valence-corrected chi connectivity index (χ3v) is 6.89. The molecule has 0 amide bonds. The van der Waals surface area contributed by atoms with Crippen molar-refractivity contribution in [2.24, 2.45) is 0 Å². The summed E-state index contributed by atoms with van der Waals surface area (Å²) >= 11 is 5.73. The fourth-order valence-electron chi connectivity index (χ4n) is 2.82. The Labute approximate surface area is 250 Å². The van der Waals surface area contributed by atoms with Crippen LogP contribution in [0.1, 0.15) is 24.2 Å². The van der Waals surface area contributed by atoms with Gasteiger partial charge in [-0.3, -0.25) is 19.4 Å². The van der Waals surface area contributed by atoms with E-state index in [2.05, 4.69) is 6.58 Å². The second-order valence-electron chi connectivity index (χ2n) is 7.43. The number of carbonyl (C=O) groups is 1. The fraction of sp³-hybridized carbons (Fsp3) is 0.409. The van der Waals surface area contributed by atoms with Crippen LogP contribution in [0.2, 0.25) is 0 Å². The summed E-state index contributed by atoms with van der Waals surface area (Å²) in [7, 11) is -2.31. The third-order valence-electron chi connectivity index (χ3n) is 4.69. The minimum atomic E-state index is -3.88. The average Bonchev–Trinajstić information content (AvgIpc) is 3.32. The number of ether oxygens (including phenoxy) is 1. The van der Waals surface area contributed by atoms with E-state index >= 15 is 0 Å². The normalized spacial score (nSPS) is 13.3. The molecule has 1 aromatic carbocycles. The van der Waals surface area contributed by atoms with Gasteiger partial charge in [0.1, 0.15) is 29.6 Å². The molecular weight excluding hydrogens is 728 g/mol. The van der Waals surface area contributed by atoms with Crippen LogP contribution in [0.15, 0.2) is 53.5 Å². The Kier molecular flexibility index (Phi) is 15.1. The van der Waals surface area contributed by atoms with Gasteiger partial charge in [0.15, 0.2) is 0 Å². The van der Waals surface area contributed by atoms with E-state index in [1.165, 1.54) is 22.9 Å². The standard InChI is InChI=1S/C22H28ClN3O8P.Ac/c1-3-14-31-22(27)20(24)15-17-6-8-18(9-7-17)34-35(30,25(2)13-5-4-12-23)32-16-19-10-11-21(33-19)26(28)29;/h3,6-11,20,24H,1,4-5,12-16H2,2H3;/q-1;. The number of furan rings is 1. The summed E-state index contributed by atoms with van der Waals surface area (Å²) in [6.07, 6.45) is 2.90. The third kappa shape index (κ3) is 10.6. The van der Waals surface area contributed by atoms with Gasteiger partial charge in [0.05, 0.1) is 6.07 Å². The van der Waals surface area contributed by atoms with Crippen molar-refractivity contribution in [3.63, 3.8) is 0 Å². The molecule has 2 rings (SSSR count). The molecule has 0 fully saturated rings. The number of nitrogens with one attached hydrogen (secondary N) is 1.